The van der Waals surface area contributed by atoms with Crippen molar-refractivity contribution in [2.45, 2.75) is 58.9 Å². The van der Waals surface area contributed by atoms with Crippen molar-refractivity contribution in [1.82, 2.24) is 4.65 Å². The van der Waals surface area contributed by atoms with Gasteiger partial charge in [0.15, 0.2) is 0 Å². The van der Waals surface area contributed by atoms with Crippen LogP contribution in [0.25, 0.3) is 0 Å². The van der Waals surface area contributed by atoms with E-state index in [1.54, 1.807) is 0 Å². The van der Waals surface area contributed by atoms with Crippen molar-refractivity contribution < 1.29 is 0 Å². The summed E-state index contributed by atoms with van der Waals surface area (Å²) in [4.78, 5) is 0. The molecule has 1 nitrogen and oxygen atoms in total. The van der Waals surface area contributed by atoms with Crippen molar-refractivity contribution in [3.05, 3.63) is 35.9 Å². The summed E-state index contributed by atoms with van der Waals surface area (Å²) in [5.41, 5.74) is 4.45. The minimum Gasteiger partial charge on any atom is -0.360 e. The van der Waals surface area contributed by atoms with Gasteiger partial charge in [0.1, 0.15) is 24.5 Å². The Balaban J connectivity index is 0.000000400. The minimum absolute atomic E-state index is 0.981. The predicted molar refractivity (Wildman–Crippen MR) is 106 cm³/mol. The van der Waals surface area contributed by atoms with E-state index in [1.165, 1.54) is 0 Å². The number of hydrogen-bond donors (Lipinski definition) is 1. The van der Waals surface area contributed by atoms with E-state index in [1.807, 2.05) is 30.3 Å². The number of hydrogen-bond acceptors (Lipinski definition) is 1. The molecule has 0 radical (unpaired) electrons. The molecule has 0 heterocycles. The summed E-state index contributed by atoms with van der Waals surface area (Å²) >= 11 is 0. The number of benzene rings is 1. The second kappa shape index (κ2) is 8.14. The normalized spacial score (nSPS) is 11.9. The maximum Gasteiger partial charge on any atom is 0.129 e. The highest BCUT2D eigenvalue weighted by molar-refractivity contribution is 6.90. The lowest BCUT2D eigenvalue weighted by atomic mass is 10.2. The zero-order chi connectivity index (χ0) is 16.7. The first kappa shape index (κ1) is 20.4. The Kier molecular flexibility index (Phi) is 7.90. The van der Waals surface area contributed by atoms with Gasteiger partial charge >= 0.3 is 0 Å². The fourth-order valence-corrected chi connectivity index (χ4v) is 11.4. The van der Waals surface area contributed by atoms with E-state index < -0.39 is 24.5 Å². The van der Waals surface area contributed by atoms with Gasteiger partial charge in [-0.3, -0.25) is 0 Å². The van der Waals surface area contributed by atoms with E-state index in [0.717, 1.165) is 5.56 Å². The van der Waals surface area contributed by atoms with Crippen molar-refractivity contribution in [2.75, 3.05) is 0 Å². The SMILES string of the molecule is C[Si](C)(C)C#Cc1ccccc1.C[Si](C)(C)N[Si](C)(C)C. The standard InChI is InChI=1S/C11H14Si.C6H19NSi2/c1-12(2,3)10-9-11-7-5-4-6-8-11;1-8(2,3)7-9(4,5)6/h4-8H,1-3H3;7H,1-6H3. The summed E-state index contributed by atoms with van der Waals surface area (Å²) in [6.07, 6.45) is 0. The fourth-order valence-electron chi connectivity index (χ4n) is 1.91. The monoisotopic (exact) mass is 335 g/mol. The summed E-state index contributed by atoms with van der Waals surface area (Å²) in [5, 5.41) is 0. The molecule has 0 bridgehead atoms. The van der Waals surface area contributed by atoms with Gasteiger partial charge in [-0.25, -0.2) is 0 Å². The quantitative estimate of drug-likeness (QED) is 0.581. The molecule has 0 aromatic heterocycles. The smallest absolute Gasteiger partial charge is 0.129 e. The van der Waals surface area contributed by atoms with E-state index in [4.69, 9.17) is 0 Å². The van der Waals surface area contributed by atoms with Crippen molar-refractivity contribution in [2.24, 2.45) is 0 Å². The van der Waals surface area contributed by atoms with Crippen LogP contribution in [0.15, 0.2) is 30.3 Å². The van der Waals surface area contributed by atoms with Crippen LogP contribution in [0.1, 0.15) is 5.56 Å². The van der Waals surface area contributed by atoms with Crippen molar-refractivity contribution >= 4 is 24.5 Å². The fraction of sp³-hybridized carbons (Fsp3) is 0.529. The Morgan fingerprint density at radius 1 is 0.714 bits per heavy atom. The maximum absolute atomic E-state index is 3.74. The van der Waals surface area contributed by atoms with Crippen molar-refractivity contribution in [3.8, 4) is 11.5 Å². The van der Waals surface area contributed by atoms with Gasteiger partial charge in [-0.15, -0.1) is 5.54 Å². The van der Waals surface area contributed by atoms with Gasteiger partial charge in [-0.2, -0.15) is 0 Å². The molecule has 0 aliphatic heterocycles. The highest BCUT2D eigenvalue weighted by Gasteiger charge is 2.22. The summed E-state index contributed by atoms with van der Waals surface area (Å²) < 4.78 is 3.74. The van der Waals surface area contributed by atoms with Gasteiger partial charge < -0.3 is 4.65 Å². The maximum atomic E-state index is 3.74. The molecule has 21 heavy (non-hydrogen) atoms. The van der Waals surface area contributed by atoms with Gasteiger partial charge in [0, 0.05) is 5.56 Å². The van der Waals surface area contributed by atoms with Crippen LogP contribution in [-0.4, -0.2) is 24.5 Å². The molecule has 0 aliphatic carbocycles. The molecule has 0 amide bonds. The summed E-state index contributed by atoms with van der Waals surface area (Å²) in [5.74, 6) is 3.20. The highest BCUT2D eigenvalue weighted by atomic mass is 28.4. The third-order valence-corrected chi connectivity index (χ3v) is 8.98. The predicted octanol–water partition coefficient (Wildman–Crippen LogP) is 5.16. The van der Waals surface area contributed by atoms with Crippen molar-refractivity contribution in [1.29, 1.82) is 0 Å². The molecular weight excluding hydrogens is 302 g/mol. The lowest BCUT2D eigenvalue weighted by Crippen LogP contribution is -2.55. The Labute approximate surface area is 135 Å². The van der Waals surface area contributed by atoms with E-state index in [-0.39, 0.29) is 0 Å². The van der Waals surface area contributed by atoms with E-state index >= 15 is 0 Å². The van der Waals surface area contributed by atoms with Crippen LogP contribution in [0.3, 0.4) is 0 Å². The van der Waals surface area contributed by atoms with Crippen LogP contribution in [0.5, 0.6) is 0 Å². The molecule has 118 valence electrons. The van der Waals surface area contributed by atoms with Gasteiger partial charge in [0.25, 0.3) is 0 Å². The average molecular weight is 336 g/mol. The topological polar surface area (TPSA) is 12.0 Å². The Bertz CT molecular complexity index is 453. The molecule has 1 aromatic carbocycles. The average Bonchev–Trinajstić information content (AvgIpc) is 2.22. The first-order valence-corrected chi connectivity index (χ1v) is 18.2. The van der Waals surface area contributed by atoms with E-state index in [9.17, 15) is 0 Å². The van der Waals surface area contributed by atoms with Gasteiger partial charge in [-0.1, -0.05) is 83.0 Å². The lowest BCUT2D eigenvalue weighted by Gasteiger charge is -2.28. The highest BCUT2D eigenvalue weighted by Crippen LogP contribution is 2.03. The minimum atomic E-state index is -1.20. The second-order valence-electron chi connectivity index (χ2n) is 8.49. The molecule has 1 rings (SSSR count). The molecule has 0 spiro atoms. The molecule has 4 heteroatoms. The van der Waals surface area contributed by atoms with Crippen molar-refractivity contribution in [3.63, 3.8) is 0 Å². The Morgan fingerprint density at radius 2 is 1.14 bits per heavy atom. The van der Waals surface area contributed by atoms with Gasteiger partial charge in [-0.05, 0) is 12.1 Å². The van der Waals surface area contributed by atoms with Crippen LogP contribution in [-0.2, 0) is 0 Å². The van der Waals surface area contributed by atoms with Crippen LogP contribution in [0.2, 0.25) is 58.9 Å². The van der Waals surface area contributed by atoms with Crippen LogP contribution >= 0.6 is 0 Å². The molecule has 0 saturated carbocycles. The van der Waals surface area contributed by atoms with E-state index in [0.29, 0.717) is 0 Å². The third kappa shape index (κ3) is 15.6. The van der Waals surface area contributed by atoms with Crippen LogP contribution < -0.4 is 4.65 Å². The van der Waals surface area contributed by atoms with Crippen LogP contribution in [0.4, 0.5) is 0 Å². The molecule has 1 aromatic rings. The Morgan fingerprint density at radius 3 is 1.43 bits per heavy atom. The molecule has 0 atom stereocenters. The molecular formula is C17H33NSi3. The Hall–Kier alpha value is -0.609. The molecule has 0 unspecified atom stereocenters. The first-order chi connectivity index (χ1) is 9.29. The van der Waals surface area contributed by atoms with Crippen LogP contribution in [0, 0.1) is 11.5 Å². The molecule has 0 aliphatic rings. The molecule has 0 fully saturated rings. The largest absolute Gasteiger partial charge is 0.360 e. The molecule has 1 N–H and O–H groups in total. The second-order valence-corrected chi connectivity index (χ2v) is 23.2. The number of rotatable bonds is 2. The first-order valence-electron chi connectivity index (χ1n) is 7.66. The third-order valence-electron chi connectivity index (χ3n) is 2.11. The zero-order valence-electron chi connectivity index (χ0n) is 15.4. The summed E-state index contributed by atoms with van der Waals surface area (Å²) in [6.45, 7) is 20.9. The van der Waals surface area contributed by atoms with E-state index in [2.05, 4.69) is 75.0 Å². The molecule has 0 saturated heterocycles. The summed E-state index contributed by atoms with van der Waals surface area (Å²) in [7, 11) is -3.16. The van der Waals surface area contributed by atoms with Gasteiger partial charge in [0.2, 0.25) is 0 Å². The zero-order valence-corrected chi connectivity index (χ0v) is 18.4. The lowest BCUT2D eigenvalue weighted by molar-refractivity contribution is 1.30. The summed E-state index contributed by atoms with van der Waals surface area (Å²) in [6, 6.07) is 10.2. The van der Waals surface area contributed by atoms with Gasteiger partial charge in [0.05, 0.1) is 0 Å². The number of nitrogens with one attached hydrogen (secondary N) is 1.